The SMILES string of the molecule is C.C.CCOP(=O)(OCC)C(CCCN1C(=O)c2ccccc2C1=O)P(=O)(OCC)OCC.CCOP(=O)(OCC)C(CCC[N+](C)(C)C)P(=O)(OCC)OCC.CN.[Br-]. The highest BCUT2D eigenvalue weighted by Crippen LogP contribution is 2.72. The van der Waals surface area contributed by atoms with E-state index in [9.17, 15) is 27.8 Å². The van der Waals surface area contributed by atoms with Crippen molar-refractivity contribution in [3.63, 3.8) is 0 Å². The molecular weight excluding hydrogens is 926 g/mol. The second-order valence-electron chi connectivity index (χ2n) is 13.1. The van der Waals surface area contributed by atoms with Crippen molar-refractivity contribution in [1.29, 1.82) is 0 Å². The van der Waals surface area contributed by atoms with E-state index in [1.165, 1.54) is 7.05 Å². The summed E-state index contributed by atoms with van der Waals surface area (Å²) in [7, 11) is -7.23. The van der Waals surface area contributed by atoms with Crippen molar-refractivity contribution in [2.75, 3.05) is 94.1 Å². The lowest BCUT2D eigenvalue weighted by molar-refractivity contribution is -0.870. The summed E-state index contributed by atoms with van der Waals surface area (Å²) in [6.07, 6.45) is 1.39. The van der Waals surface area contributed by atoms with Gasteiger partial charge in [0, 0.05) is 6.54 Å². The fourth-order valence-corrected chi connectivity index (χ4v) is 16.8. The summed E-state index contributed by atoms with van der Waals surface area (Å²) in [4.78, 5) is 26.3. The van der Waals surface area contributed by atoms with Crippen LogP contribution in [0.3, 0.4) is 0 Å². The van der Waals surface area contributed by atoms with Gasteiger partial charge in [0.05, 0.1) is 91.7 Å². The Morgan fingerprint density at radius 2 is 0.783 bits per heavy atom. The van der Waals surface area contributed by atoms with Crippen LogP contribution in [0.15, 0.2) is 24.3 Å². The predicted octanol–water partition coefficient (Wildman–Crippen LogP) is 7.10. The zero-order valence-corrected chi connectivity index (χ0v) is 41.9. The standard InChI is InChI=1S/C20H31NO8P2.C15H36NO6P2.CH5N.2CH4.BrH/c1-5-26-30(24,27-6-2)18(31(25,28-7-3)29-8-4)14-11-15-21-19(22)16-12-9-10-13-17(16)20(21)23;1-8-19-23(17,20-9-2)15(13-12-14-16(5,6)7)24(18,21-10-3)22-11-4;1-2;;;/h9-10,12-13,18H,5-8,11,14-15H2,1-4H3;15H,8-14H2,1-7H3;2H2,1H3;2*1H4;1H/q;+1;;;;/p-1. The molecule has 0 unspecified atom stereocenters. The highest BCUT2D eigenvalue weighted by molar-refractivity contribution is 7.73. The van der Waals surface area contributed by atoms with Gasteiger partial charge in [0.2, 0.25) is 0 Å². The highest BCUT2D eigenvalue weighted by Gasteiger charge is 2.51. The number of hydrogen-bond donors (Lipinski definition) is 1. The molecule has 2 rings (SSSR count). The Morgan fingerprint density at radius 3 is 1.02 bits per heavy atom. The molecule has 1 aliphatic rings. The Balaban J connectivity index is -0.000000493. The van der Waals surface area contributed by atoms with Gasteiger partial charge >= 0.3 is 30.4 Å². The van der Waals surface area contributed by atoms with Crippen LogP contribution in [0.4, 0.5) is 0 Å². The van der Waals surface area contributed by atoms with E-state index < -0.39 is 41.2 Å². The van der Waals surface area contributed by atoms with Crippen molar-refractivity contribution in [3.8, 4) is 0 Å². The summed E-state index contributed by atoms with van der Waals surface area (Å²) in [5.74, 6) is -0.763. The maximum Gasteiger partial charge on any atom is 0.345 e. The number of halogens is 1. The van der Waals surface area contributed by atoms with Crippen molar-refractivity contribution in [3.05, 3.63) is 35.4 Å². The van der Waals surface area contributed by atoms with E-state index in [1.807, 2.05) is 0 Å². The number of fused-ring (bicyclic) bond motifs is 1. The van der Waals surface area contributed by atoms with E-state index in [0.29, 0.717) is 24.0 Å². The third-order valence-electron chi connectivity index (χ3n) is 7.95. The second-order valence-corrected chi connectivity index (χ2v) is 22.8. The van der Waals surface area contributed by atoms with Crippen molar-refractivity contribution in [2.24, 2.45) is 5.73 Å². The number of nitrogens with zero attached hydrogens (tertiary/aromatic N) is 2. The van der Waals surface area contributed by atoms with Crippen molar-refractivity contribution in [1.82, 2.24) is 4.90 Å². The molecule has 0 saturated heterocycles. The van der Waals surface area contributed by atoms with Crippen LogP contribution in [0, 0.1) is 0 Å². The molecule has 1 aromatic rings. The average molecular weight is 1010 g/mol. The molecule has 2 amide bonds. The molecule has 22 heteroatoms. The Labute approximate surface area is 373 Å². The monoisotopic (exact) mass is 1010 g/mol. The first-order valence-electron chi connectivity index (χ1n) is 19.7. The van der Waals surface area contributed by atoms with Gasteiger partial charge in [-0.05, 0) is 100 Å². The smallest absolute Gasteiger partial charge is 0.345 e. The van der Waals surface area contributed by atoms with Gasteiger partial charge in [-0.3, -0.25) is 32.7 Å². The molecular formula is C38H80BrN3O14P4. The third kappa shape index (κ3) is 20.0. The number of carbonyl (C=O) groups excluding carboxylic acids is 2. The molecule has 1 aromatic carbocycles. The lowest BCUT2D eigenvalue weighted by atomic mass is 10.1. The summed E-state index contributed by atoms with van der Waals surface area (Å²) in [5, 5.41) is -2.08. The normalized spacial score (nSPS) is 13.1. The first kappa shape index (κ1) is 66.0. The molecule has 1 aliphatic heterocycles. The molecule has 1 heterocycles. The molecule has 0 fully saturated rings. The Hall–Kier alpha value is -0.640. The van der Waals surface area contributed by atoms with Crippen molar-refractivity contribution >= 4 is 42.2 Å². The number of nitrogens with two attached hydrogens (primary N) is 1. The van der Waals surface area contributed by atoms with Crippen LogP contribution in [0.2, 0.25) is 0 Å². The van der Waals surface area contributed by atoms with Crippen LogP contribution in [-0.4, -0.2) is 126 Å². The molecule has 2 N–H and O–H groups in total. The molecule has 60 heavy (non-hydrogen) atoms. The molecule has 0 saturated carbocycles. The molecule has 17 nitrogen and oxygen atoms in total. The summed E-state index contributed by atoms with van der Waals surface area (Å²) >= 11 is 0. The first-order valence-corrected chi connectivity index (χ1v) is 26.2. The minimum absolute atomic E-state index is 0. The summed E-state index contributed by atoms with van der Waals surface area (Å²) in [6.45, 7) is 15.7. The topological polar surface area (TPSA) is 206 Å². The number of benzene rings is 1. The van der Waals surface area contributed by atoms with E-state index in [4.69, 9.17) is 36.2 Å². The molecule has 0 aliphatic carbocycles. The largest absolute Gasteiger partial charge is 1.00 e. The van der Waals surface area contributed by atoms with Gasteiger partial charge in [-0.15, -0.1) is 0 Å². The summed E-state index contributed by atoms with van der Waals surface area (Å²) < 4.78 is 97.9. The van der Waals surface area contributed by atoms with Crippen LogP contribution < -0.4 is 22.7 Å². The predicted molar refractivity (Wildman–Crippen MR) is 238 cm³/mol. The van der Waals surface area contributed by atoms with Gasteiger partial charge in [-0.1, -0.05) is 27.0 Å². The summed E-state index contributed by atoms with van der Waals surface area (Å²) in [6, 6.07) is 6.61. The fraction of sp³-hybridized carbons (Fsp3) is 0.789. The lowest BCUT2D eigenvalue weighted by Crippen LogP contribution is -3.00. The number of rotatable bonds is 28. The van der Waals surface area contributed by atoms with E-state index in [-0.39, 0.29) is 116 Å². The van der Waals surface area contributed by atoms with Gasteiger partial charge in [-0.25, -0.2) is 0 Å². The minimum atomic E-state index is -3.86. The lowest BCUT2D eigenvalue weighted by Gasteiger charge is -2.32. The number of carbonyl (C=O) groups is 2. The maximum atomic E-state index is 13.5. The van der Waals surface area contributed by atoms with Crippen LogP contribution in [0.1, 0.15) is 117 Å². The van der Waals surface area contributed by atoms with Crippen LogP contribution in [0.25, 0.3) is 0 Å². The van der Waals surface area contributed by atoms with Crippen LogP contribution >= 0.6 is 30.4 Å². The van der Waals surface area contributed by atoms with Crippen molar-refractivity contribution < 1.29 is 85.5 Å². The van der Waals surface area contributed by atoms with E-state index >= 15 is 0 Å². The number of amides is 2. The second kappa shape index (κ2) is 32.9. The Bertz CT molecular complexity index is 1400. The average Bonchev–Trinajstić information content (AvgIpc) is 3.38. The fourth-order valence-electron chi connectivity index (χ4n) is 5.88. The van der Waals surface area contributed by atoms with Gasteiger partial charge < -0.3 is 63.4 Å². The molecule has 0 aromatic heterocycles. The van der Waals surface area contributed by atoms with Gasteiger partial charge in [0.25, 0.3) is 11.8 Å². The van der Waals surface area contributed by atoms with Gasteiger partial charge in [-0.2, -0.15) is 0 Å². The molecule has 0 bridgehead atoms. The highest BCUT2D eigenvalue weighted by atomic mass is 79.9. The minimum Gasteiger partial charge on any atom is -1.00 e. The number of imide groups is 1. The zero-order valence-electron chi connectivity index (χ0n) is 36.7. The van der Waals surface area contributed by atoms with Crippen LogP contribution in [-0.2, 0) is 54.5 Å². The quantitative estimate of drug-likeness (QED) is 0.0505. The summed E-state index contributed by atoms with van der Waals surface area (Å²) in [5.41, 5.74) is 5.21. The molecule has 0 radical (unpaired) electrons. The number of quaternary nitrogens is 1. The first-order chi connectivity index (χ1) is 26.9. The van der Waals surface area contributed by atoms with E-state index in [1.54, 1.807) is 79.7 Å². The molecule has 358 valence electrons. The Morgan fingerprint density at radius 1 is 0.533 bits per heavy atom. The van der Waals surface area contributed by atoms with Gasteiger partial charge in [0.1, 0.15) is 0 Å². The molecule has 0 spiro atoms. The van der Waals surface area contributed by atoms with Crippen LogP contribution in [0.5, 0.6) is 0 Å². The zero-order chi connectivity index (χ0) is 43.9. The van der Waals surface area contributed by atoms with Gasteiger partial charge in [0.15, 0.2) is 10.8 Å². The third-order valence-corrected chi connectivity index (χ3v) is 20.2. The van der Waals surface area contributed by atoms with Crippen molar-refractivity contribution in [2.45, 2.75) is 107 Å². The maximum absolute atomic E-state index is 13.5. The molecule has 0 atom stereocenters. The number of hydrogen-bond acceptors (Lipinski definition) is 15. The van der Waals surface area contributed by atoms with E-state index in [0.717, 1.165) is 15.9 Å². The Kier molecular flexibility index (Phi) is 36.2. The van der Waals surface area contributed by atoms with E-state index in [2.05, 4.69) is 26.9 Å².